The van der Waals surface area contributed by atoms with Crippen molar-refractivity contribution in [3.63, 3.8) is 0 Å². The van der Waals surface area contributed by atoms with Crippen LogP contribution in [0.15, 0.2) is 52.0 Å². The highest BCUT2D eigenvalue weighted by molar-refractivity contribution is 7.89. The molecule has 0 bridgehead atoms. The molecule has 1 amide bonds. The van der Waals surface area contributed by atoms with Gasteiger partial charge in [-0.3, -0.25) is 4.79 Å². The van der Waals surface area contributed by atoms with Gasteiger partial charge in [-0.05, 0) is 43.3 Å². The number of hydrogen-bond acceptors (Lipinski definition) is 4. The van der Waals surface area contributed by atoms with Crippen LogP contribution in [0.1, 0.15) is 18.7 Å². The molecule has 9 heteroatoms. The third kappa shape index (κ3) is 4.70. The molecular weight excluding hydrogens is 390 g/mol. The number of amides is 1. The van der Waals surface area contributed by atoms with Gasteiger partial charge >= 0.3 is 0 Å². The van der Waals surface area contributed by atoms with E-state index in [1.54, 1.807) is 23.3 Å². The van der Waals surface area contributed by atoms with Crippen LogP contribution >= 0.6 is 11.6 Å². The molecule has 2 N–H and O–H groups in total. The number of furan rings is 1. The molecule has 27 heavy (non-hydrogen) atoms. The Bertz CT molecular complexity index is 861. The zero-order valence-corrected chi connectivity index (χ0v) is 16.6. The molecule has 3 rings (SSSR count). The standard InChI is InChI=1S/C18H22ClN3O4S/c1-14(17-3-2-12-26-17)20-13-18(23)21-8-10-22(11-9-21)27(24,25)16-6-4-15(19)5-7-16/h2-7,12,14,20H,8-11,13H2,1H3/p+1/t14-/m0/s1. The summed E-state index contributed by atoms with van der Waals surface area (Å²) in [6.45, 7) is 3.60. The number of hydrogen-bond donors (Lipinski definition) is 1. The second-order valence-electron chi connectivity index (χ2n) is 6.48. The lowest BCUT2D eigenvalue weighted by atomic mass is 10.2. The third-order valence-corrected chi connectivity index (χ3v) is 6.85. The summed E-state index contributed by atoms with van der Waals surface area (Å²) in [6, 6.07) is 9.87. The van der Waals surface area contributed by atoms with Gasteiger partial charge in [0.1, 0.15) is 6.04 Å². The van der Waals surface area contributed by atoms with Crippen molar-refractivity contribution >= 4 is 27.5 Å². The first-order chi connectivity index (χ1) is 12.9. The number of halogens is 1. The van der Waals surface area contributed by atoms with Gasteiger partial charge in [-0.1, -0.05) is 11.6 Å². The molecule has 1 saturated heterocycles. The molecule has 1 aromatic carbocycles. The fourth-order valence-electron chi connectivity index (χ4n) is 3.01. The fraction of sp³-hybridized carbons (Fsp3) is 0.389. The largest absolute Gasteiger partial charge is 0.463 e. The molecule has 2 aromatic rings. The van der Waals surface area contributed by atoms with E-state index in [-0.39, 0.29) is 29.9 Å². The number of nitrogens with two attached hydrogens (primary N) is 1. The van der Waals surface area contributed by atoms with Gasteiger partial charge in [-0.25, -0.2) is 8.42 Å². The van der Waals surface area contributed by atoms with Crippen LogP contribution in [0, 0.1) is 0 Å². The van der Waals surface area contributed by atoms with E-state index in [2.05, 4.69) is 0 Å². The van der Waals surface area contributed by atoms with Gasteiger partial charge in [0, 0.05) is 31.2 Å². The SMILES string of the molecule is C[C@H]([NH2+]CC(=O)N1CCN(S(=O)(=O)c2ccc(Cl)cc2)CC1)c1ccco1. The maximum absolute atomic E-state index is 12.7. The van der Waals surface area contributed by atoms with Gasteiger partial charge in [0.2, 0.25) is 10.0 Å². The third-order valence-electron chi connectivity index (χ3n) is 4.68. The predicted molar refractivity (Wildman–Crippen MR) is 101 cm³/mol. The van der Waals surface area contributed by atoms with E-state index < -0.39 is 10.0 Å². The first kappa shape index (κ1) is 19.9. The summed E-state index contributed by atoms with van der Waals surface area (Å²) in [6.07, 6.45) is 1.61. The van der Waals surface area contributed by atoms with Crippen molar-refractivity contribution < 1.29 is 22.9 Å². The normalized spacial score (nSPS) is 17.0. The summed E-state index contributed by atoms with van der Waals surface area (Å²) < 4.78 is 32.1. The summed E-state index contributed by atoms with van der Waals surface area (Å²) in [5.74, 6) is 0.818. The molecule has 2 heterocycles. The lowest BCUT2D eigenvalue weighted by Crippen LogP contribution is -2.87. The van der Waals surface area contributed by atoms with Crippen molar-refractivity contribution in [2.24, 2.45) is 0 Å². The maximum atomic E-state index is 12.7. The van der Waals surface area contributed by atoms with E-state index in [9.17, 15) is 13.2 Å². The average molecular weight is 413 g/mol. The van der Waals surface area contributed by atoms with Gasteiger partial charge in [-0.15, -0.1) is 0 Å². The second kappa shape index (κ2) is 8.43. The molecule has 0 spiro atoms. The minimum atomic E-state index is -3.57. The Labute approximate surface area is 163 Å². The van der Waals surface area contributed by atoms with E-state index in [4.69, 9.17) is 16.0 Å². The Balaban J connectivity index is 1.52. The molecule has 1 fully saturated rings. The van der Waals surface area contributed by atoms with Gasteiger partial charge in [-0.2, -0.15) is 4.31 Å². The van der Waals surface area contributed by atoms with Crippen LogP contribution in [0.4, 0.5) is 0 Å². The molecule has 0 saturated carbocycles. The van der Waals surface area contributed by atoms with Crippen LogP contribution in [-0.4, -0.2) is 56.3 Å². The van der Waals surface area contributed by atoms with Crippen LogP contribution < -0.4 is 5.32 Å². The number of rotatable bonds is 6. The van der Waals surface area contributed by atoms with Crippen LogP contribution in [0.25, 0.3) is 0 Å². The van der Waals surface area contributed by atoms with Crippen molar-refractivity contribution in [3.05, 3.63) is 53.4 Å². The number of carbonyl (C=O) groups excluding carboxylic acids is 1. The Morgan fingerprint density at radius 1 is 1.19 bits per heavy atom. The number of nitrogens with zero attached hydrogens (tertiary/aromatic N) is 2. The number of sulfonamides is 1. The summed E-state index contributed by atoms with van der Waals surface area (Å²) in [4.78, 5) is 14.3. The number of quaternary nitrogens is 1. The smallest absolute Gasteiger partial charge is 0.277 e. The second-order valence-corrected chi connectivity index (χ2v) is 8.86. The lowest BCUT2D eigenvalue weighted by molar-refractivity contribution is -0.685. The van der Waals surface area contributed by atoms with Crippen LogP contribution in [0.5, 0.6) is 0 Å². The van der Waals surface area contributed by atoms with Gasteiger partial charge in [0.25, 0.3) is 5.91 Å². The molecule has 7 nitrogen and oxygen atoms in total. The number of piperazine rings is 1. The highest BCUT2D eigenvalue weighted by Crippen LogP contribution is 2.19. The molecule has 1 atom stereocenters. The van der Waals surface area contributed by atoms with Crippen LogP contribution in [-0.2, 0) is 14.8 Å². The molecule has 1 aromatic heterocycles. The lowest BCUT2D eigenvalue weighted by Gasteiger charge is -2.33. The minimum Gasteiger partial charge on any atom is -0.463 e. The van der Waals surface area contributed by atoms with Gasteiger partial charge in [0.05, 0.1) is 11.2 Å². The zero-order chi connectivity index (χ0) is 19.4. The first-order valence-corrected chi connectivity index (χ1v) is 10.6. The quantitative estimate of drug-likeness (QED) is 0.769. The van der Waals surface area contributed by atoms with E-state index in [1.807, 2.05) is 24.4 Å². The monoisotopic (exact) mass is 412 g/mol. The Hall–Kier alpha value is -1.87. The Morgan fingerprint density at radius 3 is 2.44 bits per heavy atom. The van der Waals surface area contributed by atoms with Crippen molar-refractivity contribution in [3.8, 4) is 0 Å². The first-order valence-electron chi connectivity index (χ1n) is 8.78. The van der Waals surface area contributed by atoms with E-state index in [1.165, 1.54) is 16.4 Å². The fourth-order valence-corrected chi connectivity index (χ4v) is 4.55. The van der Waals surface area contributed by atoms with Crippen molar-refractivity contribution in [1.82, 2.24) is 9.21 Å². The summed E-state index contributed by atoms with van der Waals surface area (Å²) >= 11 is 5.82. The highest BCUT2D eigenvalue weighted by Gasteiger charge is 2.30. The van der Waals surface area contributed by atoms with Crippen molar-refractivity contribution in [2.45, 2.75) is 17.9 Å². The van der Waals surface area contributed by atoms with Crippen LogP contribution in [0.2, 0.25) is 5.02 Å². The highest BCUT2D eigenvalue weighted by atomic mass is 35.5. The molecule has 146 valence electrons. The molecule has 1 aliphatic rings. The Kier molecular flexibility index (Phi) is 6.21. The molecular formula is C18H23ClN3O4S+. The molecule has 1 aliphatic heterocycles. The van der Waals surface area contributed by atoms with E-state index in [0.29, 0.717) is 24.7 Å². The molecule has 0 aliphatic carbocycles. The summed E-state index contributed by atoms with van der Waals surface area (Å²) in [5, 5.41) is 2.40. The predicted octanol–water partition coefficient (Wildman–Crippen LogP) is 1.09. The molecule has 0 unspecified atom stereocenters. The van der Waals surface area contributed by atoms with Gasteiger partial charge in [0.15, 0.2) is 12.3 Å². The number of carbonyl (C=O) groups is 1. The van der Waals surface area contributed by atoms with Crippen molar-refractivity contribution in [2.75, 3.05) is 32.7 Å². The minimum absolute atomic E-state index is 0.00283. The van der Waals surface area contributed by atoms with E-state index >= 15 is 0 Å². The van der Waals surface area contributed by atoms with E-state index in [0.717, 1.165) is 5.76 Å². The Morgan fingerprint density at radius 2 is 1.85 bits per heavy atom. The maximum Gasteiger partial charge on any atom is 0.277 e. The number of benzene rings is 1. The van der Waals surface area contributed by atoms with Gasteiger partial charge < -0.3 is 14.6 Å². The topological polar surface area (TPSA) is 87.4 Å². The summed E-state index contributed by atoms with van der Waals surface area (Å²) in [7, 11) is -3.57. The van der Waals surface area contributed by atoms with Crippen LogP contribution in [0.3, 0.4) is 0 Å². The average Bonchev–Trinajstić information content (AvgIpc) is 3.21. The summed E-state index contributed by atoms with van der Waals surface area (Å²) in [5.41, 5.74) is 0. The zero-order valence-electron chi connectivity index (χ0n) is 15.0. The van der Waals surface area contributed by atoms with Crippen molar-refractivity contribution in [1.29, 1.82) is 0 Å². The molecule has 0 radical (unpaired) electrons.